The molecule has 2 N–H and O–H groups in total. The maximum atomic E-state index is 12.5. The summed E-state index contributed by atoms with van der Waals surface area (Å²) in [7, 11) is 0. The number of nitrogens with one attached hydrogen (secondary N) is 1. The van der Waals surface area contributed by atoms with Crippen molar-refractivity contribution >= 4 is 11.9 Å². The van der Waals surface area contributed by atoms with E-state index in [1.165, 1.54) is 12.8 Å². The highest BCUT2D eigenvalue weighted by atomic mass is 16.4. The summed E-state index contributed by atoms with van der Waals surface area (Å²) in [6.07, 6.45) is 9.38. The Morgan fingerprint density at radius 3 is 2.45 bits per heavy atom. The van der Waals surface area contributed by atoms with Crippen molar-refractivity contribution in [1.29, 1.82) is 0 Å². The number of amides is 1. The Labute approximate surface area is 119 Å². The average Bonchev–Trinajstić information content (AvgIpc) is 2.99. The molecule has 4 nitrogen and oxygen atoms in total. The lowest BCUT2D eigenvalue weighted by molar-refractivity contribution is -0.148. The van der Waals surface area contributed by atoms with Gasteiger partial charge in [-0.25, -0.2) is 0 Å². The summed E-state index contributed by atoms with van der Waals surface area (Å²) in [4.78, 5) is 23.9. The van der Waals surface area contributed by atoms with Crippen molar-refractivity contribution in [3.05, 3.63) is 12.2 Å². The fraction of sp³-hybridized carbons (Fsp3) is 0.750. The maximum Gasteiger partial charge on any atom is 0.307 e. The van der Waals surface area contributed by atoms with Gasteiger partial charge in [-0.15, -0.1) is 0 Å². The molecule has 20 heavy (non-hydrogen) atoms. The average molecular weight is 277 g/mol. The molecule has 5 atom stereocenters. The predicted octanol–water partition coefficient (Wildman–Crippen LogP) is 2.20. The molecule has 0 spiro atoms. The van der Waals surface area contributed by atoms with E-state index >= 15 is 0 Å². The number of carboxylic acid groups (broad SMARTS) is 1. The normalized spacial score (nSPS) is 36.0. The molecule has 4 heteroatoms. The van der Waals surface area contributed by atoms with E-state index in [0.29, 0.717) is 0 Å². The van der Waals surface area contributed by atoms with Crippen molar-refractivity contribution in [3.63, 3.8) is 0 Å². The summed E-state index contributed by atoms with van der Waals surface area (Å²) < 4.78 is 0. The van der Waals surface area contributed by atoms with E-state index in [9.17, 15) is 14.7 Å². The Hall–Kier alpha value is -1.32. The van der Waals surface area contributed by atoms with Crippen molar-refractivity contribution in [2.24, 2.45) is 29.6 Å². The van der Waals surface area contributed by atoms with Crippen LogP contribution in [0.4, 0.5) is 0 Å². The highest BCUT2D eigenvalue weighted by molar-refractivity contribution is 5.87. The van der Waals surface area contributed by atoms with Crippen molar-refractivity contribution < 1.29 is 14.7 Å². The molecule has 2 fully saturated rings. The van der Waals surface area contributed by atoms with Crippen LogP contribution in [0.15, 0.2) is 12.2 Å². The Balaban J connectivity index is 1.66. The van der Waals surface area contributed by atoms with Crippen LogP contribution in [0.2, 0.25) is 0 Å². The summed E-state index contributed by atoms with van der Waals surface area (Å²) in [5.41, 5.74) is 0. The third-order valence-corrected chi connectivity index (χ3v) is 5.20. The number of allylic oxidation sites excluding steroid dienone is 2. The Bertz CT molecular complexity index is 441. The van der Waals surface area contributed by atoms with E-state index in [-0.39, 0.29) is 29.7 Å². The van der Waals surface area contributed by atoms with Gasteiger partial charge in [0.2, 0.25) is 5.91 Å². The molecule has 3 aliphatic carbocycles. The molecular weight excluding hydrogens is 254 g/mol. The molecule has 110 valence electrons. The SMILES string of the molecule is CCC(CC1CC1)NC(=O)C1C2C=CC(C2)C1C(=O)O. The van der Waals surface area contributed by atoms with Gasteiger partial charge in [0.15, 0.2) is 0 Å². The molecule has 0 aromatic heterocycles. The van der Waals surface area contributed by atoms with Gasteiger partial charge in [-0.3, -0.25) is 9.59 Å². The first-order valence-corrected chi connectivity index (χ1v) is 7.81. The quantitative estimate of drug-likeness (QED) is 0.731. The van der Waals surface area contributed by atoms with E-state index < -0.39 is 11.9 Å². The Morgan fingerprint density at radius 2 is 1.90 bits per heavy atom. The minimum absolute atomic E-state index is 0.0400. The topological polar surface area (TPSA) is 66.4 Å². The summed E-state index contributed by atoms with van der Waals surface area (Å²) in [5, 5.41) is 12.5. The minimum atomic E-state index is -0.822. The van der Waals surface area contributed by atoms with Crippen molar-refractivity contribution in [2.45, 2.75) is 45.1 Å². The first-order valence-electron chi connectivity index (χ1n) is 7.81. The number of fused-ring (bicyclic) bond motifs is 2. The molecule has 3 rings (SSSR count). The van der Waals surface area contributed by atoms with Gasteiger partial charge in [0, 0.05) is 6.04 Å². The van der Waals surface area contributed by atoms with Crippen LogP contribution in [0.1, 0.15) is 39.0 Å². The highest BCUT2D eigenvalue weighted by Gasteiger charge is 2.51. The lowest BCUT2D eigenvalue weighted by Crippen LogP contribution is -2.44. The zero-order valence-electron chi connectivity index (χ0n) is 11.9. The van der Waals surface area contributed by atoms with E-state index in [2.05, 4.69) is 12.2 Å². The third-order valence-electron chi connectivity index (χ3n) is 5.20. The molecule has 1 amide bonds. The summed E-state index contributed by atoms with van der Waals surface area (Å²) in [6, 6.07) is 0.215. The maximum absolute atomic E-state index is 12.5. The van der Waals surface area contributed by atoms with Crippen LogP contribution in [0.5, 0.6) is 0 Å². The number of carboxylic acids is 1. The Morgan fingerprint density at radius 1 is 1.25 bits per heavy atom. The molecule has 5 unspecified atom stereocenters. The molecule has 0 radical (unpaired) electrons. The monoisotopic (exact) mass is 277 g/mol. The van der Waals surface area contributed by atoms with Gasteiger partial charge in [-0.05, 0) is 37.0 Å². The molecule has 2 bridgehead atoms. The van der Waals surface area contributed by atoms with Gasteiger partial charge in [-0.1, -0.05) is 31.9 Å². The second-order valence-electron chi connectivity index (χ2n) is 6.63. The van der Waals surface area contributed by atoms with E-state index in [4.69, 9.17) is 0 Å². The molecule has 0 saturated heterocycles. The van der Waals surface area contributed by atoms with Gasteiger partial charge in [0.25, 0.3) is 0 Å². The van der Waals surface area contributed by atoms with Crippen molar-refractivity contribution in [3.8, 4) is 0 Å². The highest BCUT2D eigenvalue weighted by Crippen LogP contribution is 2.48. The fourth-order valence-electron chi connectivity index (χ4n) is 3.90. The Kier molecular flexibility index (Phi) is 3.57. The predicted molar refractivity (Wildman–Crippen MR) is 74.9 cm³/mol. The lowest BCUT2D eigenvalue weighted by atomic mass is 9.82. The molecule has 0 aromatic carbocycles. The molecule has 0 aliphatic heterocycles. The van der Waals surface area contributed by atoms with Crippen LogP contribution in [-0.2, 0) is 9.59 Å². The van der Waals surface area contributed by atoms with Gasteiger partial charge in [0.1, 0.15) is 0 Å². The number of hydrogen-bond donors (Lipinski definition) is 2. The number of carbonyl (C=O) groups excluding carboxylic acids is 1. The summed E-state index contributed by atoms with van der Waals surface area (Å²) in [5.74, 6) is -0.801. The standard InChI is InChI=1S/C16H23NO3/c1-2-12(7-9-3-4-9)17-15(18)13-10-5-6-11(8-10)14(13)16(19)20/h5-6,9-14H,2-4,7-8H2,1H3,(H,17,18)(H,19,20). The van der Waals surface area contributed by atoms with Crippen LogP contribution in [-0.4, -0.2) is 23.0 Å². The van der Waals surface area contributed by atoms with Crippen LogP contribution >= 0.6 is 0 Å². The summed E-state index contributed by atoms with van der Waals surface area (Å²) >= 11 is 0. The van der Waals surface area contributed by atoms with Gasteiger partial charge in [-0.2, -0.15) is 0 Å². The first-order chi connectivity index (χ1) is 9.60. The summed E-state index contributed by atoms with van der Waals surface area (Å²) in [6.45, 7) is 2.09. The van der Waals surface area contributed by atoms with Crippen LogP contribution < -0.4 is 5.32 Å². The second kappa shape index (κ2) is 5.23. The molecule has 2 saturated carbocycles. The number of hydrogen-bond acceptors (Lipinski definition) is 2. The number of aliphatic carboxylic acids is 1. The zero-order valence-corrected chi connectivity index (χ0v) is 11.9. The third kappa shape index (κ3) is 2.48. The number of rotatable bonds is 6. The van der Waals surface area contributed by atoms with Gasteiger partial charge < -0.3 is 10.4 Å². The van der Waals surface area contributed by atoms with E-state index in [1.807, 2.05) is 12.2 Å². The zero-order chi connectivity index (χ0) is 14.3. The second-order valence-corrected chi connectivity index (χ2v) is 6.63. The van der Waals surface area contributed by atoms with Crippen molar-refractivity contribution in [1.82, 2.24) is 5.32 Å². The number of carbonyl (C=O) groups is 2. The molecule has 0 heterocycles. The largest absolute Gasteiger partial charge is 0.481 e. The fourth-order valence-corrected chi connectivity index (χ4v) is 3.90. The molecule has 0 aromatic rings. The van der Waals surface area contributed by atoms with Crippen LogP contribution in [0.25, 0.3) is 0 Å². The lowest BCUT2D eigenvalue weighted by Gasteiger charge is -2.26. The first kappa shape index (κ1) is 13.7. The molecule has 3 aliphatic rings. The van der Waals surface area contributed by atoms with E-state index in [1.54, 1.807) is 0 Å². The van der Waals surface area contributed by atoms with Crippen LogP contribution in [0.3, 0.4) is 0 Å². The molecular formula is C16H23NO3. The van der Waals surface area contributed by atoms with Gasteiger partial charge in [0.05, 0.1) is 11.8 Å². The van der Waals surface area contributed by atoms with Crippen molar-refractivity contribution in [2.75, 3.05) is 0 Å². The van der Waals surface area contributed by atoms with E-state index in [0.717, 1.165) is 25.2 Å². The minimum Gasteiger partial charge on any atom is -0.481 e. The van der Waals surface area contributed by atoms with Gasteiger partial charge >= 0.3 is 5.97 Å². The van der Waals surface area contributed by atoms with Crippen LogP contribution in [0, 0.1) is 29.6 Å². The smallest absolute Gasteiger partial charge is 0.307 e.